The Morgan fingerprint density at radius 2 is 2.06 bits per heavy atom. The molecule has 0 saturated heterocycles. The van der Waals surface area contributed by atoms with Crippen LogP contribution in [0, 0.1) is 6.92 Å². The molecule has 4 N–H and O–H groups in total. The topological polar surface area (TPSA) is 79.1 Å². The predicted molar refractivity (Wildman–Crippen MR) is 129 cm³/mol. The summed E-state index contributed by atoms with van der Waals surface area (Å²) in [5.74, 6) is 3.19. The minimum atomic E-state index is -0.0225. The largest absolute Gasteiger partial charge is 0.386 e. The maximum Gasteiger partial charge on any atom is 0.228 e. The van der Waals surface area contributed by atoms with Crippen molar-refractivity contribution < 1.29 is 0 Å². The number of anilines is 2. The molecule has 1 fully saturated rings. The summed E-state index contributed by atoms with van der Waals surface area (Å²) in [6, 6.07) is 15.0. The third-order valence-corrected chi connectivity index (χ3v) is 7.04. The third kappa shape index (κ3) is 4.28. The van der Waals surface area contributed by atoms with Gasteiger partial charge < -0.3 is 21.3 Å². The fourth-order valence-corrected chi connectivity index (χ4v) is 5.12. The van der Waals surface area contributed by atoms with E-state index in [9.17, 15) is 0 Å². The first-order valence-corrected chi connectivity index (χ1v) is 11.7. The first-order chi connectivity index (χ1) is 15.0. The second kappa shape index (κ2) is 7.96. The van der Waals surface area contributed by atoms with Gasteiger partial charge in [0.2, 0.25) is 5.95 Å². The van der Waals surface area contributed by atoms with Crippen LogP contribution in [0.5, 0.6) is 0 Å². The standard InChI is InChI=1S/C24H28N6S/c1-16-7-8-20-19(13-16)22(26-15-24(9-10-24)29-17(2)25)28-23(27-20)30-11-12-31-21-6-4-3-5-18(21)14-30/h3-8,13,29H,2,9-12,14-15,25H2,1H3,(H,26,27,28). The van der Waals surface area contributed by atoms with E-state index in [4.69, 9.17) is 15.7 Å². The van der Waals surface area contributed by atoms with E-state index in [1.165, 1.54) is 16.0 Å². The second-order valence-corrected chi connectivity index (χ2v) is 9.69. The van der Waals surface area contributed by atoms with Crippen LogP contribution in [0.4, 0.5) is 11.8 Å². The molecule has 2 aromatic carbocycles. The summed E-state index contributed by atoms with van der Waals surface area (Å²) in [5.41, 5.74) is 9.27. The van der Waals surface area contributed by atoms with Gasteiger partial charge in [0.05, 0.1) is 16.9 Å². The van der Waals surface area contributed by atoms with E-state index in [1.54, 1.807) is 0 Å². The van der Waals surface area contributed by atoms with Crippen LogP contribution in [0.3, 0.4) is 0 Å². The molecule has 1 aliphatic carbocycles. The summed E-state index contributed by atoms with van der Waals surface area (Å²) in [6.45, 7) is 8.38. The Kier molecular flexibility index (Phi) is 5.14. The third-order valence-electron chi connectivity index (χ3n) is 5.95. The van der Waals surface area contributed by atoms with Gasteiger partial charge in [-0.25, -0.2) is 4.98 Å². The number of aryl methyl sites for hydroxylation is 1. The molecule has 0 unspecified atom stereocenters. The van der Waals surface area contributed by atoms with Gasteiger partial charge >= 0.3 is 0 Å². The molecule has 1 saturated carbocycles. The summed E-state index contributed by atoms with van der Waals surface area (Å²) >= 11 is 1.90. The molecule has 7 heteroatoms. The zero-order valence-electron chi connectivity index (χ0n) is 17.8. The van der Waals surface area contributed by atoms with Crippen molar-refractivity contribution in [2.45, 2.75) is 36.7 Å². The molecule has 2 heterocycles. The Balaban J connectivity index is 1.48. The molecule has 6 nitrogen and oxygen atoms in total. The highest BCUT2D eigenvalue weighted by Gasteiger charge is 2.42. The van der Waals surface area contributed by atoms with Crippen LogP contribution in [0.2, 0.25) is 0 Å². The maximum atomic E-state index is 5.81. The van der Waals surface area contributed by atoms with Crippen LogP contribution >= 0.6 is 11.8 Å². The monoisotopic (exact) mass is 432 g/mol. The van der Waals surface area contributed by atoms with Crippen molar-refractivity contribution in [3.63, 3.8) is 0 Å². The minimum Gasteiger partial charge on any atom is -0.386 e. The van der Waals surface area contributed by atoms with Crippen LogP contribution < -0.4 is 21.3 Å². The molecule has 1 aliphatic heterocycles. The highest BCUT2D eigenvalue weighted by molar-refractivity contribution is 7.99. The summed E-state index contributed by atoms with van der Waals surface area (Å²) in [7, 11) is 0. The Morgan fingerprint density at radius 1 is 1.23 bits per heavy atom. The van der Waals surface area contributed by atoms with Gasteiger partial charge in [0.1, 0.15) is 5.82 Å². The van der Waals surface area contributed by atoms with E-state index in [0.717, 1.165) is 60.9 Å². The van der Waals surface area contributed by atoms with Crippen molar-refractivity contribution in [3.05, 3.63) is 66.0 Å². The van der Waals surface area contributed by atoms with Gasteiger partial charge in [-0.3, -0.25) is 0 Å². The molecule has 3 aromatic rings. The Bertz CT molecular complexity index is 1140. The lowest BCUT2D eigenvalue weighted by molar-refractivity contribution is 0.578. The highest BCUT2D eigenvalue weighted by atomic mass is 32.2. The molecule has 0 spiro atoms. The molecular formula is C24H28N6S. The van der Waals surface area contributed by atoms with Crippen LogP contribution in [0.25, 0.3) is 10.9 Å². The van der Waals surface area contributed by atoms with Crippen LogP contribution in [0.1, 0.15) is 24.0 Å². The normalized spacial score (nSPS) is 17.0. The molecule has 31 heavy (non-hydrogen) atoms. The van der Waals surface area contributed by atoms with Crippen molar-refractivity contribution in [1.82, 2.24) is 15.3 Å². The van der Waals surface area contributed by atoms with E-state index < -0.39 is 0 Å². The van der Waals surface area contributed by atoms with Crippen molar-refractivity contribution >= 4 is 34.4 Å². The summed E-state index contributed by atoms with van der Waals surface area (Å²) < 4.78 is 0. The van der Waals surface area contributed by atoms with E-state index >= 15 is 0 Å². The predicted octanol–water partition coefficient (Wildman–Crippen LogP) is 4.01. The zero-order valence-corrected chi connectivity index (χ0v) is 18.6. The Labute approximate surface area is 187 Å². The fourth-order valence-electron chi connectivity index (χ4n) is 4.09. The second-order valence-electron chi connectivity index (χ2n) is 8.55. The molecule has 160 valence electrons. The Hall–Kier alpha value is -2.93. The molecule has 0 atom stereocenters. The smallest absolute Gasteiger partial charge is 0.228 e. The number of hydrogen-bond acceptors (Lipinski definition) is 7. The highest BCUT2D eigenvalue weighted by Crippen LogP contribution is 2.37. The lowest BCUT2D eigenvalue weighted by atomic mass is 10.1. The van der Waals surface area contributed by atoms with E-state index in [-0.39, 0.29) is 5.54 Å². The summed E-state index contributed by atoms with van der Waals surface area (Å²) in [4.78, 5) is 13.6. The first kappa shape index (κ1) is 20.0. The van der Waals surface area contributed by atoms with Gasteiger partial charge in [0.15, 0.2) is 0 Å². The van der Waals surface area contributed by atoms with Crippen molar-refractivity contribution in [2.75, 3.05) is 29.1 Å². The lowest BCUT2D eigenvalue weighted by Crippen LogP contribution is -2.39. The minimum absolute atomic E-state index is 0.0225. The molecule has 0 radical (unpaired) electrons. The average Bonchev–Trinajstić information content (AvgIpc) is 3.54. The number of hydrogen-bond donors (Lipinski definition) is 3. The quantitative estimate of drug-likeness (QED) is 0.543. The van der Waals surface area contributed by atoms with Crippen molar-refractivity contribution in [3.8, 4) is 0 Å². The number of nitrogens with zero attached hydrogens (tertiary/aromatic N) is 3. The van der Waals surface area contributed by atoms with E-state index in [1.807, 2.05) is 11.8 Å². The molecule has 0 amide bonds. The van der Waals surface area contributed by atoms with Gasteiger partial charge in [0.25, 0.3) is 0 Å². The van der Waals surface area contributed by atoms with Crippen LogP contribution in [-0.2, 0) is 6.54 Å². The van der Waals surface area contributed by atoms with Gasteiger partial charge in [-0.15, -0.1) is 11.8 Å². The molecule has 5 rings (SSSR count). The van der Waals surface area contributed by atoms with Crippen molar-refractivity contribution in [2.24, 2.45) is 5.73 Å². The Morgan fingerprint density at radius 3 is 2.87 bits per heavy atom. The SMILES string of the molecule is C=C(N)NC1(CNc2nc(N3CCSc4ccccc4C3)nc3ccc(C)cc23)CC1. The van der Waals surface area contributed by atoms with Gasteiger partial charge in [-0.2, -0.15) is 4.98 Å². The van der Waals surface area contributed by atoms with Crippen molar-refractivity contribution in [1.29, 1.82) is 0 Å². The number of nitrogens with one attached hydrogen (secondary N) is 2. The number of benzene rings is 2. The average molecular weight is 433 g/mol. The summed E-state index contributed by atoms with van der Waals surface area (Å²) in [6.07, 6.45) is 2.15. The maximum absolute atomic E-state index is 5.81. The number of aromatic nitrogens is 2. The fraction of sp³-hybridized carbons (Fsp3) is 0.333. The molecule has 0 bridgehead atoms. The van der Waals surface area contributed by atoms with Crippen LogP contribution in [-0.4, -0.2) is 34.3 Å². The van der Waals surface area contributed by atoms with E-state index in [0.29, 0.717) is 5.82 Å². The molecule has 2 aliphatic rings. The van der Waals surface area contributed by atoms with E-state index in [2.05, 4.69) is 71.5 Å². The number of fused-ring (bicyclic) bond motifs is 2. The van der Waals surface area contributed by atoms with Gasteiger partial charge in [-0.05, 0) is 43.5 Å². The van der Waals surface area contributed by atoms with Gasteiger partial charge in [-0.1, -0.05) is 36.4 Å². The zero-order chi connectivity index (χ0) is 21.4. The number of nitrogens with two attached hydrogens (primary N) is 1. The summed E-state index contributed by atoms with van der Waals surface area (Å²) in [5, 5.41) is 7.97. The first-order valence-electron chi connectivity index (χ1n) is 10.7. The van der Waals surface area contributed by atoms with Crippen LogP contribution in [0.15, 0.2) is 59.8 Å². The number of rotatable bonds is 6. The molecular weight excluding hydrogens is 404 g/mol. The molecule has 1 aromatic heterocycles. The number of thioether (sulfide) groups is 1. The van der Waals surface area contributed by atoms with Gasteiger partial charge in [0, 0.05) is 35.7 Å². The lowest BCUT2D eigenvalue weighted by Gasteiger charge is -2.23.